The minimum absolute atomic E-state index is 0.352. The van der Waals surface area contributed by atoms with Gasteiger partial charge in [-0.15, -0.1) is 0 Å². The Balaban J connectivity index is 2.76. The first-order chi connectivity index (χ1) is 7.06. The van der Waals surface area contributed by atoms with Crippen LogP contribution in [0.25, 0.3) is 11.2 Å². The van der Waals surface area contributed by atoms with E-state index < -0.39 is 0 Å². The lowest BCUT2D eigenvalue weighted by atomic mass is 10.2. The van der Waals surface area contributed by atoms with E-state index in [2.05, 4.69) is 28.5 Å². The van der Waals surface area contributed by atoms with Crippen LogP contribution in [0.1, 0.15) is 32.0 Å². The summed E-state index contributed by atoms with van der Waals surface area (Å²) in [6.45, 7) is 6.23. The predicted molar refractivity (Wildman–Crippen MR) is 60.7 cm³/mol. The summed E-state index contributed by atoms with van der Waals surface area (Å²) in [5, 5.41) is 4.35. The zero-order chi connectivity index (χ0) is 11.2. The summed E-state index contributed by atoms with van der Waals surface area (Å²) in [6, 6.07) is 0.352. The van der Waals surface area contributed by atoms with Gasteiger partial charge in [-0.3, -0.25) is 9.25 Å². The summed E-state index contributed by atoms with van der Waals surface area (Å²) >= 11 is 0. The molecule has 15 heavy (non-hydrogen) atoms. The zero-order valence-electron chi connectivity index (χ0n) is 9.65. The van der Waals surface area contributed by atoms with Crippen LogP contribution >= 0.6 is 0 Å². The molecule has 0 fully saturated rings. The van der Waals surface area contributed by atoms with Gasteiger partial charge in [-0.1, -0.05) is 6.92 Å². The van der Waals surface area contributed by atoms with Crippen LogP contribution in [0.4, 0.5) is 5.95 Å². The lowest BCUT2D eigenvalue weighted by Crippen LogP contribution is -2.10. The van der Waals surface area contributed by atoms with E-state index in [-0.39, 0.29) is 0 Å². The number of hydrogen-bond acceptors (Lipinski definition) is 3. The largest absolute Gasteiger partial charge is 0.369 e. The molecule has 1 unspecified atom stereocenters. The van der Waals surface area contributed by atoms with Crippen LogP contribution in [-0.2, 0) is 7.05 Å². The summed E-state index contributed by atoms with van der Waals surface area (Å²) in [6.07, 6.45) is 1.03. The van der Waals surface area contributed by atoms with Crippen LogP contribution in [0.15, 0.2) is 0 Å². The number of imidazole rings is 1. The van der Waals surface area contributed by atoms with Crippen molar-refractivity contribution in [1.29, 1.82) is 0 Å². The van der Waals surface area contributed by atoms with Crippen molar-refractivity contribution >= 4 is 17.1 Å². The highest BCUT2D eigenvalue weighted by Gasteiger charge is 2.18. The quantitative estimate of drug-likeness (QED) is 0.814. The number of nitrogens with zero attached hydrogens (tertiary/aromatic N) is 4. The fraction of sp³-hybridized carbons (Fsp3) is 0.600. The molecule has 0 aliphatic heterocycles. The molecule has 0 saturated heterocycles. The van der Waals surface area contributed by atoms with Crippen LogP contribution in [0.5, 0.6) is 0 Å². The predicted octanol–water partition coefficient (Wildman–Crippen LogP) is 1.63. The highest BCUT2D eigenvalue weighted by Crippen LogP contribution is 2.25. The van der Waals surface area contributed by atoms with E-state index in [4.69, 9.17) is 5.73 Å². The standard InChI is InChI=1S/C10H17N5/c1-5-6(2)15-9-8(12-10(15)11)7(3)13-14(9)4/h6H,5H2,1-4H3,(H2,11,12). The number of aromatic nitrogens is 4. The monoisotopic (exact) mass is 207 g/mol. The summed E-state index contributed by atoms with van der Waals surface area (Å²) in [5.74, 6) is 0.579. The van der Waals surface area contributed by atoms with Gasteiger partial charge in [0.05, 0.1) is 5.69 Å². The highest BCUT2D eigenvalue weighted by molar-refractivity contribution is 5.77. The second kappa shape index (κ2) is 3.25. The Labute approximate surface area is 88.9 Å². The van der Waals surface area contributed by atoms with Crippen molar-refractivity contribution in [2.45, 2.75) is 33.2 Å². The SMILES string of the molecule is CCC(C)n1c(N)nc2c(C)nn(C)c21. The minimum Gasteiger partial charge on any atom is -0.369 e. The maximum absolute atomic E-state index is 5.92. The molecule has 5 nitrogen and oxygen atoms in total. The van der Waals surface area contributed by atoms with Crippen LogP contribution < -0.4 is 5.73 Å². The average Bonchev–Trinajstić information content (AvgIpc) is 2.65. The highest BCUT2D eigenvalue weighted by atomic mass is 15.4. The molecular formula is C10H17N5. The summed E-state index contributed by atoms with van der Waals surface area (Å²) < 4.78 is 3.90. The van der Waals surface area contributed by atoms with E-state index >= 15 is 0 Å². The third-order valence-corrected chi connectivity index (χ3v) is 2.89. The second-order valence-electron chi connectivity index (χ2n) is 3.98. The number of fused-ring (bicyclic) bond motifs is 1. The van der Waals surface area contributed by atoms with E-state index in [1.165, 1.54) is 0 Å². The fourth-order valence-electron chi connectivity index (χ4n) is 1.93. The van der Waals surface area contributed by atoms with Gasteiger partial charge in [0.1, 0.15) is 5.52 Å². The smallest absolute Gasteiger partial charge is 0.202 e. The maximum atomic E-state index is 5.92. The molecule has 2 N–H and O–H groups in total. The molecule has 5 heteroatoms. The molecule has 0 saturated carbocycles. The number of hydrogen-bond donors (Lipinski definition) is 1. The molecule has 0 radical (unpaired) electrons. The molecule has 0 aliphatic rings. The molecule has 1 atom stereocenters. The summed E-state index contributed by atoms with van der Waals surface area (Å²) in [5.41, 5.74) is 8.78. The Hall–Kier alpha value is -1.52. The molecule has 2 rings (SSSR count). The van der Waals surface area contributed by atoms with E-state index in [1.54, 1.807) is 0 Å². The van der Waals surface area contributed by atoms with Gasteiger partial charge in [0.2, 0.25) is 5.95 Å². The van der Waals surface area contributed by atoms with Crippen LogP contribution in [0.2, 0.25) is 0 Å². The Morgan fingerprint density at radius 3 is 2.73 bits per heavy atom. The second-order valence-corrected chi connectivity index (χ2v) is 3.98. The van der Waals surface area contributed by atoms with Crippen molar-refractivity contribution in [3.05, 3.63) is 5.69 Å². The maximum Gasteiger partial charge on any atom is 0.202 e. The van der Waals surface area contributed by atoms with Gasteiger partial charge < -0.3 is 5.73 Å². The van der Waals surface area contributed by atoms with Crippen molar-refractivity contribution in [3.8, 4) is 0 Å². The lowest BCUT2D eigenvalue weighted by molar-refractivity contribution is 0.538. The van der Waals surface area contributed by atoms with Crippen molar-refractivity contribution < 1.29 is 0 Å². The van der Waals surface area contributed by atoms with Crippen molar-refractivity contribution in [3.63, 3.8) is 0 Å². The van der Waals surface area contributed by atoms with Crippen molar-refractivity contribution in [2.24, 2.45) is 7.05 Å². The number of rotatable bonds is 2. The normalized spacial score (nSPS) is 13.6. The van der Waals surface area contributed by atoms with Gasteiger partial charge in [-0.25, -0.2) is 4.98 Å². The van der Waals surface area contributed by atoms with Gasteiger partial charge >= 0.3 is 0 Å². The van der Waals surface area contributed by atoms with Crippen molar-refractivity contribution in [2.75, 3.05) is 5.73 Å². The van der Waals surface area contributed by atoms with Crippen LogP contribution in [0, 0.1) is 6.92 Å². The molecular weight excluding hydrogens is 190 g/mol. The Morgan fingerprint density at radius 2 is 2.13 bits per heavy atom. The first-order valence-electron chi connectivity index (χ1n) is 5.23. The number of anilines is 1. The number of aryl methyl sites for hydroxylation is 2. The molecule has 2 aromatic rings. The van der Waals surface area contributed by atoms with E-state index in [1.807, 2.05) is 18.7 Å². The molecule has 0 spiro atoms. The molecule has 0 amide bonds. The van der Waals surface area contributed by atoms with Gasteiger partial charge in [-0.2, -0.15) is 5.10 Å². The van der Waals surface area contributed by atoms with Crippen molar-refractivity contribution in [1.82, 2.24) is 19.3 Å². The Bertz CT molecular complexity index is 493. The van der Waals surface area contributed by atoms with E-state index in [9.17, 15) is 0 Å². The van der Waals surface area contributed by atoms with E-state index in [0.717, 1.165) is 23.3 Å². The van der Waals surface area contributed by atoms with Gasteiger partial charge in [0.25, 0.3) is 0 Å². The summed E-state index contributed by atoms with van der Waals surface area (Å²) in [4.78, 5) is 4.36. The zero-order valence-corrected chi connectivity index (χ0v) is 9.65. The Kier molecular flexibility index (Phi) is 2.17. The number of nitrogens with two attached hydrogens (primary N) is 1. The third kappa shape index (κ3) is 1.30. The molecule has 0 aromatic carbocycles. The van der Waals surface area contributed by atoms with Gasteiger partial charge in [0, 0.05) is 13.1 Å². The first kappa shape index (κ1) is 10.0. The number of nitrogen functional groups attached to an aromatic ring is 1. The average molecular weight is 207 g/mol. The van der Waals surface area contributed by atoms with Gasteiger partial charge in [-0.05, 0) is 20.3 Å². The van der Waals surface area contributed by atoms with Gasteiger partial charge in [0.15, 0.2) is 5.65 Å². The third-order valence-electron chi connectivity index (χ3n) is 2.89. The molecule has 0 bridgehead atoms. The molecule has 0 aliphatic carbocycles. The minimum atomic E-state index is 0.352. The van der Waals surface area contributed by atoms with E-state index in [0.29, 0.717) is 12.0 Å². The molecule has 82 valence electrons. The topological polar surface area (TPSA) is 61.7 Å². The summed E-state index contributed by atoms with van der Waals surface area (Å²) in [7, 11) is 1.93. The van der Waals surface area contributed by atoms with Crippen LogP contribution in [0.3, 0.4) is 0 Å². The fourth-order valence-corrected chi connectivity index (χ4v) is 1.93. The molecule has 2 heterocycles. The lowest BCUT2D eigenvalue weighted by Gasteiger charge is -2.13. The molecule has 2 aromatic heterocycles. The Morgan fingerprint density at radius 1 is 1.47 bits per heavy atom. The van der Waals surface area contributed by atoms with Crippen LogP contribution in [-0.4, -0.2) is 19.3 Å². The first-order valence-corrected chi connectivity index (χ1v) is 5.23.